The molecule has 0 aliphatic heterocycles. The Bertz CT molecular complexity index is 354. The third-order valence-electron chi connectivity index (χ3n) is 3.82. The van der Waals surface area contributed by atoms with Crippen LogP contribution in [0.1, 0.15) is 49.7 Å². The van der Waals surface area contributed by atoms with Crippen LogP contribution in [0.15, 0.2) is 22.7 Å². The number of hydrogen-bond acceptors (Lipinski definition) is 1. The normalized spacial score (nSPS) is 18.0. The van der Waals surface area contributed by atoms with E-state index in [1.165, 1.54) is 54.1 Å². The molecule has 1 aromatic carbocycles. The molecule has 94 valence electrons. The molecule has 1 saturated carbocycles. The second kappa shape index (κ2) is 6.55. The van der Waals surface area contributed by atoms with E-state index in [2.05, 4.69) is 46.4 Å². The van der Waals surface area contributed by atoms with Crippen LogP contribution in [0.3, 0.4) is 0 Å². The first-order chi connectivity index (χ1) is 8.27. The van der Waals surface area contributed by atoms with Crippen molar-refractivity contribution < 1.29 is 0 Å². The third kappa shape index (κ3) is 3.82. The lowest BCUT2D eigenvalue weighted by atomic mass is 10.1. The summed E-state index contributed by atoms with van der Waals surface area (Å²) in [5, 5.41) is 3.73. The van der Waals surface area contributed by atoms with Crippen molar-refractivity contribution in [3.05, 3.63) is 33.8 Å². The van der Waals surface area contributed by atoms with Gasteiger partial charge in [-0.05, 0) is 37.0 Å². The molecule has 0 radical (unpaired) electrons. The Labute approximate surface area is 113 Å². The summed E-state index contributed by atoms with van der Waals surface area (Å²) < 4.78 is 1.22. The van der Waals surface area contributed by atoms with Crippen molar-refractivity contribution in [3.8, 4) is 0 Å². The highest BCUT2D eigenvalue weighted by Crippen LogP contribution is 2.21. The maximum atomic E-state index is 3.73. The van der Waals surface area contributed by atoms with E-state index in [-0.39, 0.29) is 0 Å². The van der Waals surface area contributed by atoms with Crippen LogP contribution in [-0.2, 0) is 6.54 Å². The van der Waals surface area contributed by atoms with Crippen molar-refractivity contribution in [3.63, 3.8) is 0 Å². The first-order valence-corrected chi connectivity index (χ1v) is 7.54. The second-order valence-corrected chi connectivity index (χ2v) is 5.95. The van der Waals surface area contributed by atoms with Crippen LogP contribution in [0.4, 0.5) is 0 Å². The molecule has 1 aromatic rings. The molecule has 0 amide bonds. The molecule has 0 heterocycles. The van der Waals surface area contributed by atoms with Gasteiger partial charge in [-0.25, -0.2) is 0 Å². The monoisotopic (exact) mass is 295 g/mol. The van der Waals surface area contributed by atoms with Crippen LogP contribution >= 0.6 is 15.9 Å². The zero-order valence-corrected chi connectivity index (χ0v) is 12.2. The smallest absolute Gasteiger partial charge is 0.0211 e. The lowest BCUT2D eigenvalue weighted by molar-refractivity contribution is 0.458. The van der Waals surface area contributed by atoms with E-state index in [9.17, 15) is 0 Å². The molecule has 1 aliphatic rings. The molecule has 2 heteroatoms. The first-order valence-electron chi connectivity index (χ1n) is 6.75. The van der Waals surface area contributed by atoms with Crippen molar-refractivity contribution in [2.75, 3.05) is 0 Å². The number of hydrogen-bond donors (Lipinski definition) is 1. The Balaban J connectivity index is 1.90. The molecule has 1 fully saturated rings. The highest BCUT2D eigenvalue weighted by atomic mass is 79.9. The lowest BCUT2D eigenvalue weighted by Gasteiger charge is -2.17. The molecule has 1 nitrogen and oxygen atoms in total. The van der Waals surface area contributed by atoms with Gasteiger partial charge in [-0.1, -0.05) is 53.7 Å². The minimum atomic E-state index is 0.732. The summed E-state index contributed by atoms with van der Waals surface area (Å²) in [6.45, 7) is 3.20. The van der Waals surface area contributed by atoms with Gasteiger partial charge in [0.25, 0.3) is 0 Å². The summed E-state index contributed by atoms with van der Waals surface area (Å²) in [5.41, 5.74) is 2.79. The molecular formula is C15H22BrN. The van der Waals surface area contributed by atoms with Crippen LogP contribution in [0.5, 0.6) is 0 Å². The minimum absolute atomic E-state index is 0.732. The molecule has 0 unspecified atom stereocenters. The zero-order valence-electron chi connectivity index (χ0n) is 10.6. The van der Waals surface area contributed by atoms with E-state index in [1.807, 2.05) is 0 Å². The van der Waals surface area contributed by atoms with Crippen molar-refractivity contribution >= 4 is 15.9 Å². The maximum Gasteiger partial charge on any atom is 0.0211 e. The summed E-state index contributed by atoms with van der Waals surface area (Å²) in [6.07, 6.45) is 8.35. The number of benzene rings is 1. The van der Waals surface area contributed by atoms with Gasteiger partial charge in [-0.3, -0.25) is 0 Å². The van der Waals surface area contributed by atoms with Crippen molar-refractivity contribution in [2.45, 2.75) is 58.0 Å². The summed E-state index contributed by atoms with van der Waals surface area (Å²) >= 11 is 3.60. The molecule has 17 heavy (non-hydrogen) atoms. The van der Waals surface area contributed by atoms with Gasteiger partial charge in [0.05, 0.1) is 0 Å². The van der Waals surface area contributed by atoms with Crippen LogP contribution in [-0.4, -0.2) is 6.04 Å². The Morgan fingerprint density at radius 2 is 1.88 bits per heavy atom. The standard InChI is InChI=1S/C15H22BrN/c1-12-13(7-6-10-15(12)16)11-17-14-8-4-2-3-5-9-14/h6-7,10,14,17H,2-5,8-9,11H2,1H3. The Kier molecular flexibility index (Phi) is 5.05. The Morgan fingerprint density at radius 3 is 2.59 bits per heavy atom. The number of halogens is 1. The van der Waals surface area contributed by atoms with Gasteiger partial charge in [0.2, 0.25) is 0 Å². The van der Waals surface area contributed by atoms with Crippen LogP contribution < -0.4 is 5.32 Å². The summed E-state index contributed by atoms with van der Waals surface area (Å²) in [5.74, 6) is 0. The molecule has 0 saturated heterocycles. The summed E-state index contributed by atoms with van der Waals surface area (Å²) in [7, 11) is 0. The molecule has 2 rings (SSSR count). The first kappa shape index (κ1) is 13.1. The van der Waals surface area contributed by atoms with Gasteiger partial charge in [-0.15, -0.1) is 0 Å². The van der Waals surface area contributed by atoms with Gasteiger partial charge < -0.3 is 5.32 Å². The topological polar surface area (TPSA) is 12.0 Å². The number of nitrogens with one attached hydrogen (secondary N) is 1. The largest absolute Gasteiger partial charge is 0.310 e. The van der Waals surface area contributed by atoms with Crippen LogP contribution in [0.25, 0.3) is 0 Å². The molecule has 0 bridgehead atoms. The van der Waals surface area contributed by atoms with E-state index in [0.29, 0.717) is 0 Å². The average Bonchev–Trinajstić information content (AvgIpc) is 2.59. The van der Waals surface area contributed by atoms with Crippen molar-refractivity contribution in [1.82, 2.24) is 5.32 Å². The third-order valence-corrected chi connectivity index (χ3v) is 4.68. The Morgan fingerprint density at radius 1 is 1.18 bits per heavy atom. The van der Waals surface area contributed by atoms with Gasteiger partial charge in [-0.2, -0.15) is 0 Å². The van der Waals surface area contributed by atoms with E-state index < -0.39 is 0 Å². The fourth-order valence-corrected chi connectivity index (χ4v) is 2.99. The molecule has 1 N–H and O–H groups in total. The SMILES string of the molecule is Cc1c(Br)cccc1CNC1CCCCCC1. The summed E-state index contributed by atoms with van der Waals surface area (Å²) in [6, 6.07) is 7.20. The minimum Gasteiger partial charge on any atom is -0.310 e. The fraction of sp³-hybridized carbons (Fsp3) is 0.600. The molecular weight excluding hydrogens is 274 g/mol. The molecule has 1 aliphatic carbocycles. The van der Waals surface area contributed by atoms with Gasteiger partial charge in [0, 0.05) is 17.1 Å². The summed E-state index contributed by atoms with van der Waals surface area (Å²) in [4.78, 5) is 0. The predicted molar refractivity (Wildman–Crippen MR) is 77.2 cm³/mol. The van der Waals surface area contributed by atoms with Gasteiger partial charge in [0.1, 0.15) is 0 Å². The number of rotatable bonds is 3. The Hall–Kier alpha value is -0.340. The zero-order chi connectivity index (χ0) is 12.1. The fourth-order valence-electron chi connectivity index (χ4n) is 2.58. The van der Waals surface area contributed by atoms with E-state index in [4.69, 9.17) is 0 Å². The van der Waals surface area contributed by atoms with E-state index in [1.54, 1.807) is 0 Å². The molecule has 0 spiro atoms. The van der Waals surface area contributed by atoms with Gasteiger partial charge >= 0.3 is 0 Å². The maximum absolute atomic E-state index is 3.73. The highest BCUT2D eigenvalue weighted by molar-refractivity contribution is 9.10. The average molecular weight is 296 g/mol. The second-order valence-electron chi connectivity index (χ2n) is 5.09. The molecule has 0 atom stereocenters. The van der Waals surface area contributed by atoms with Gasteiger partial charge in [0.15, 0.2) is 0 Å². The van der Waals surface area contributed by atoms with Crippen LogP contribution in [0.2, 0.25) is 0 Å². The highest BCUT2D eigenvalue weighted by Gasteiger charge is 2.11. The quantitative estimate of drug-likeness (QED) is 0.806. The van der Waals surface area contributed by atoms with Crippen molar-refractivity contribution in [2.24, 2.45) is 0 Å². The van der Waals surface area contributed by atoms with E-state index in [0.717, 1.165) is 12.6 Å². The van der Waals surface area contributed by atoms with E-state index >= 15 is 0 Å². The predicted octanol–water partition coefficient (Wildman–Crippen LogP) is 4.57. The lowest BCUT2D eigenvalue weighted by Crippen LogP contribution is -2.28. The van der Waals surface area contributed by atoms with Crippen LogP contribution in [0, 0.1) is 6.92 Å². The van der Waals surface area contributed by atoms with Crippen molar-refractivity contribution in [1.29, 1.82) is 0 Å². The molecule has 0 aromatic heterocycles.